The molecule has 11 nitrogen and oxygen atoms in total. The number of nitrogens with two attached hydrogens (primary N) is 3. The third-order valence-electron chi connectivity index (χ3n) is 5.93. The smallest absolute Gasteiger partial charge is 0.326 e. The Kier molecular flexibility index (Phi) is 9.61. The number of hydrogen-bond acceptors (Lipinski definition) is 5. The second-order valence-corrected chi connectivity index (χ2v) is 8.77. The van der Waals surface area contributed by atoms with E-state index in [1.807, 2.05) is 54.6 Å². The highest BCUT2D eigenvalue weighted by atomic mass is 16.4. The summed E-state index contributed by atoms with van der Waals surface area (Å²) in [5, 5.41) is 15.9. The number of carbonyl (C=O) groups is 3. The number of aliphatic carboxylic acids is 1. The van der Waals surface area contributed by atoms with Gasteiger partial charge in [0.1, 0.15) is 12.1 Å². The first-order valence-corrected chi connectivity index (χ1v) is 12.0. The van der Waals surface area contributed by atoms with Crippen LogP contribution in [0.15, 0.2) is 65.8 Å². The lowest BCUT2D eigenvalue weighted by molar-refractivity contribution is -0.142. The van der Waals surface area contributed by atoms with E-state index in [0.717, 1.165) is 22.0 Å². The van der Waals surface area contributed by atoms with Crippen molar-refractivity contribution in [2.75, 3.05) is 6.54 Å². The quantitative estimate of drug-likeness (QED) is 0.0984. The molecule has 3 atom stereocenters. The van der Waals surface area contributed by atoms with E-state index in [1.165, 1.54) is 0 Å². The van der Waals surface area contributed by atoms with Crippen LogP contribution in [0.5, 0.6) is 0 Å². The summed E-state index contributed by atoms with van der Waals surface area (Å²) in [5.74, 6) is -2.42. The number of carboxylic acids is 1. The molecule has 0 aliphatic carbocycles. The predicted molar refractivity (Wildman–Crippen MR) is 142 cm³/mol. The summed E-state index contributed by atoms with van der Waals surface area (Å²) < 4.78 is 0. The van der Waals surface area contributed by atoms with E-state index >= 15 is 0 Å². The Morgan fingerprint density at radius 2 is 1.59 bits per heavy atom. The fraction of sp³-hybridized carbons (Fsp3) is 0.308. The Balaban J connectivity index is 1.70. The van der Waals surface area contributed by atoms with Crippen LogP contribution in [-0.4, -0.2) is 58.5 Å². The van der Waals surface area contributed by atoms with E-state index < -0.39 is 35.9 Å². The Bertz CT molecular complexity index is 1240. The number of benzene rings is 2. The molecular formula is C26H33N7O4. The van der Waals surface area contributed by atoms with Crippen molar-refractivity contribution in [3.8, 4) is 0 Å². The second-order valence-electron chi connectivity index (χ2n) is 8.77. The van der Waals surface area contributed by atoms with Crippen LogP contribution < -0.4 is 27.8 Å². The molecule has 1 aromatic heterocycles. The highest BCUT2D eigenvalue weighted by molar-refractivity contribution is 5.92. The van der Waals surface area contributed by atoms with Crippen molar-refractivity contribution >= 4 is 34.6 Å². The zero-order valence-electron chi connectivity index (χ0n) is 20.4. The van der Waals surface area contributed by atoms with Crippen LogP contribution in [0.25, 0.3) is 10.9 Å². The number of guanidine groups is 1. The Labute approximate surface area is 214 Å². The number of fused-ring (bicyclic) bond motifs is 1. The number of amides is 2. The monoisotopic (exact) mass is 507 g/mol. The fourth-order valence-corrected chi connectivity index (χ4v) is 4.00. The van der Waals surface area contributed by atoms with Crippen molar-refractivity contribution in [1.82, 2.24) is 15.6 Å². The van der Waals surface area contributed by atoms with E-state index in [0.29, 0.717) is 6.42 Å². The largest absolute Gasteiger partial charge is 0.480 e. The summed E-state index contributed by atoms with van der Waals surface area (Å²) in [6.07, 6.45) is 2.64. The molecule has 0 saturated carbocycles. The van der Waals surface area contributed by atoms with Gasteiger partial charge in [0.25, 0.3) is 0 Å². The molecule has 11 heteroatoms. The van der Waals surface area contributed by atoms with Crippen LogP contribution in [0.1, 0.15) is 24.0 Å². The van der Waals surface area contributed by atoms with Gasteiger partial charge in [-0.25, -0.2) is 4.79 Å². The van der Waals surface area contributed by atoms with Gasteiger partial charge < -0.3 is 37.9 Å². The number of carboxylic acid groups (broad SMARTS) is 1. The zero-order valence-corrected chi connectivity index (χ0v) is 20.4. The molecule has 0 unspecified atom stereocenters. The van der Waals surface area contributed by atoms with Crippen molar-refractivity contribution < 1.29 is 19.5 Å². The van der Waals surface area contributed by atoms with E-state index in [-0.39, 0.29) is 31.8 Å². The normalized spacial score (nSPS) is 13.3. The molecular weight excluding hydrogens is 474 g/mol. The van der Waals surface area contributed by atoms with Crippen LogP contribution in [0.3, 0.4) is 0 Å². The molecule has 0 aliphatic rings. The lowest BCUT2D eigenvalue weighted by Gasteiger charge is -2.23. The molecule has 0 saturated heterocycles. The number of para-hydroxylation sites is 1. The highest BCUT2D eigenvalue weighted by Gasteiger charge is 2.28. The summed E-state index contributed by atoms with van der Waals surface area (Å²) in [6, 6.07) is 13.6. The van der Waals surface area contributed by atoms with Crippen molar-refractivity contribution in [3.05, 3.63) is 71.9 Å². The zero-order chi connectivity index (χ0) is 26.8. The number of hydrogen-bond donors (Lipinski definition) is 7. The van der Waals surface area contributed by atoms with Crippen molar-refractivity contribution in [2.24, 2.45) is 22.2 Å². The molecule has 196 valence electrons. The van der Waals surface area contributed by atoms with Crippen molar-refractivity contribution in [2.45, 2.75) is 43.8 Å². The molecule has 2 amide bonds. The predicted octanol–water partition coefficient (Wildman–Crippen LogP) is 0.388. The second kappa shape index (κ2) is 13.1. The summed E-state index contributed by atoms with van der Waals surface area (Å²) in [5.41, 5.74) is 19.3. The molecule has 0 spiro atoms. The van der Waals surface area contributed by atoms with Gasteiger partial charge in [-0.1, -0.05) is 48.5 Å². The fourth-order valence-electron chi connectivity index (χ4n) is 4.00. The van der Waals surface area contributed by atoms with Crippen LogP contribution in [0.2, 0.25) is 0 Å². The van der Waals surface area contributed by atoms with Crippen LogP contribution >= 0.6 is 0 Å². The first-order chi connectivity index (χ1) is 17.7. The van der Waals surface area contributed by atoms with Gasteiger partial charge in [0.05, 0.1) is 6.04 Å². The number of H-pyrrole nitrogens is 1. The van der Waals surface area contributed by atoms with E-state index in [2.05, 4.69) is 20.6 Å². The first kappa shape index (κ1) is 27.2. The van der Waals surface area contributed by atoms with Gasteiger partial charge in [-0.15, -0.1) is 0 Å². The maximum Gasteiger partial charge on any atom is 0.326 e. The van der Waals surface area contributed by atoms with E-state index in [1.54, 1.807) is 6.20 Å². The molecule has 1 heterocycles. The minimum atomic E-state index is -1.21. The number of nitrogens with zero attached hydrogens (tertiary/aromatic N) is 1. The Morgan fingerprint density at radius 1 is 0.919 bits per heavy atom. The molecule has 0 fully saturated rings. The number of aromatic nitrogens is 1. The van der Waals surface area contributed by atoms with Gasteiger partial charge in [-0.3, -0.25) is 14.6 Å². The van der Waals surface area contributed by atoms with Gasteiger partial charge in [0, 0.05) is 30.1 Å². The van der Waals surface area contributed by atoms with Crippen LogP contribution in [-0.2, 0) is 27.2 Å². The van der Waals surface area contributed by atoms with Crippen LogP contribution in [0.4, 0.5) is 0 Å². The molecule has 0 radical (unpaired) electrons. The third-order valence-corrected chi connectivity index (χ3v) is 5.93. The average molecular weight is 508 g/mol. The summed E-state index contributed by atoms with van der Waals surface area (Å²) >= 11 is 0. The van der Waals surface area contributed by atoms with Gasteiger partial charge in [-0.05, 0) is 36.5 Å². The number of nitrogens with one attached hydrogen (secondary N) is 3. The number of carbonyl (C=O) groups excluding carboxylic acids is 2. The number of rotatable bonds is 13. The van der Waals surface area contributed by atoms with Gasteiger partial charge in [0.15, 0.2) is 5.96 Å². The van der Waals surface area contributed by atoms with E-state index in [4.69, 9.17) is 17.2 Å². The molecule has 10 N–H and O–H groups in total. The summed E-state index contributed by atoms with van der Waals surface area (Å²) in [4.78, 5) is 45.0. The highest BCUT2D eigenvalue weighted by Crippen LogP contribution is 2.19. The molecule has 3 rings (SSSR count). The average Bonchev–Trinajstić information content (AvgIpc) is 3.28. The lowest BCUT2D eigenvalue weighted by atomic mass is 10.0. The lowest BCUT2D eigenvalue weighted by Crippen LogP contribution is -2.55. The Hall–Kier alpha value is -4.38. The van der Waals surface area contributed by atoms with Crippen molar-refractivity contribution in [1.29, 1.82) is 0 Å². The molecule has 3 aromatic rings. The third kappa shape index (κ3) is 8.07. The maximum atomic E-state index is 13.2. The number of aliphatic imine (C=N–C) groups is 1. The van der Waals surface area contributed by atoms with Crippen LogP contribution in [0, 0.1) is 0 Å². The standard InChI is InChI=1S/C26H33N7O4/c27-19(13-16-7-2-1-3-8-16)23(34)32-21(11-6-12-30-26(28)29)24(35)33-22(25(36)37)14-17-15-31-20-10-5-4-9-18(17)20/h1-5,7-10,15,19,21-22,31H,6,11-14,27H2,(H,32,34)(H,33,35)(H,36,37)(H4,28,29,30)/t19-,21+,22-/m1/s1. The SMILES string of the molecule is NC(N)=NCCC[C@H](NC(=O)[C@H](N)Cc1ccccc1)C(=O)N[C@H](Cc1c[nH]c2ccccc12)C(=O)O. The van der Waals surface area contributed by atoms with Gasteiger partial charge in [-0.2, -0.15) is 0 Å². The van der Waals surface area contributed by atoms with E-state index in [9.17, 15) is 19.5 Å². The number of aromatic amines is 1. The Morgan fingerprint density at radius 3 is 2.30 bits per heavy atom. The minimum Gasteiger partial charge on any atom is -0.480 e. The topological polar surface area (TPSA) is 202 Å². The molecule has 37 heavy (non-hydrogen) atoms. The minimum absolute atomic E-state index is 0.0628. The van der Waals surface area contributed by atoms with Gasteiger partial charge in [0.2, 0.25) is 11.8 Å². The first-order valence-electron chi connectivity index (χ1n) is 12.0. The van der Waals surface area contributed by atoms with Crippen molar-refractivity contribution in [3.63, 3.8) is 0 Å². The summed E-state index contributed by atoms with van der Waals surface area (Å²) in [7, 11) is 0. The summed E-state index contributed by atoms with van der Waals surface area (Å²) in [6.45, 7) is 0.246. The molecule has 2 aromatic carbocycles. The van der Waals surface area contributed by atoms with Gasteiger partial charge >= 0.3 is 5.97 Å². The maximum absolute atomic E-state index is 13.2. The molecule has 0 aliphatic heterocycles. The molecule has 0 bridgehead atoms.